The number of benzene rings is 3. The van der Waals surface area contributed by atoms with Crippen LogP contribution >= 0.6 is 0 Å². The number of hydrogen-bond acceptors (Lipinski definition) is 5. The molecular weight excluding hydrogens is 396 g/mol. The number of nitrogens with one attached hydrogen (secondary N) is 1. The highest BCUT2D eigenvalue weighted by atomic mass is 16.6. The number of nitro benzene ring substituents is 1. The summed E-state index contributed by atoms with van der Waals surface area (Å²) in [6.07, 6.45) is 0.563. The molecule has 0 spiro atoms. The molecule has 0 aromatic heterocycles. The molecule has 1 atom stereocenters. The number of carbonyl (C=O) groups excluding carboxylic acids is 2. The lowest BCUT2D eigenvalue weighted by molar-refractivity contribution is -0.385. The number of aryl methyl sites for hydroxylation is 1. The van der Waals surface area contributed by atoms with Gasteiger partial charge < -0.3 is 10.1 Å². The molecule has 0 unspecified atom stereocenters. The number of nitro groups is 1. The van der Waals surface area contributed by atoms with Gasteiger partial charge in [-0.15, -0.1) is 0 Å². The van der Waals surface area contributed by atoms with Crippen LogP contribution in [-0.2, 0) is 16.0 Å². The summed E-state index contributed by atoms with van der Waals surface area (Å²) in [5.74, 6) is -1.40. The lowest BCUT2D eigenvalue weighted by Crippen LogP contribution is -2.33. The SMILES string of the molecule is Cc1cccc(C(=O)OCC(=O)N[C@@H](Cc2ccccc2)c2ccccc2)c1[N+](=O)[O-]. The van der Waals surface area contributed by atoms with E-state index in [0.29, 0.717) is 12.0 Å². The third-order valence-electron chi connectivity index (χ3n) is 4.79. The fourth-order valence-corrected chi connectivity index (χ4v) is 3.30. The van der Waals surface area contributed by atoms with Crippen LogP contribution in [0.25, 0.3) is 0 Å². The first-order chi connectivity index (χ1) is 15.0. The number of hydrogen-bond donors (Lipinski definition) is 1. The van der Waals surface area contributed by atoms with Crippen LogP contribution in [0.4, 0.5) is 5.69 Å². The van der Waals surface area contributed by atoms with Gasteiger partial charge in [0.15, 0.2) is 6.61 Å². The Bertz CT molecular complexity index is 1070. The number of amides is 1. The van der Waals surface area contributed by atoms with Crippen LogP contribution in [0, 0.1) is 17.0 Å². The van der Waals surface area contributed by atoms with E-state index in [1.807, 2.05) is 60.7 Å². The van der Waals surface area contributed by atoms with Crippen molar-refractivity contribution >= 4 is 17.6 Å². The fraction of sp³-hybridized carbons (Fsp3) is 0.167. The Labute approximate surface area is 179 Å². The van der Waals surface area contributed by atoms with Crippen molar-refractivity contribution in [2.24, 2.45) is 0 Å². The van der Waals surface area contributed by atoms with Crippen LogP contribution in [-0.4, -0.2) is 23.4 Å². The summed E-state index contributed by atoms with van der Waals surface area (Å²) in [5.41, 5.74) is 1.81. The number of carbonyl (C=O) groups is 2. The highest BCUT2D eigenvalue weighted by Crippen LogP contribution is 2.24. The maximum atomic E-state index is 12.5. The molecule has 0 aliphatic carbocycles. The molecule has 0 fully saturated rings. The van der Waals surface area contributed by atoms with E-state index in [-0.39, 0.29) is 17.3 Å². The minimum Gasteiger partial charge on any atom is -0.452 e. The van der Waals surface area contributed by atoms with Crippen molar-refractivity contribution in [3.8, 4) is 0 Å². The number of ether oxygens (including phenoxy) is 1. The van der Waals surface area contributed by atoms with Crippen molar-refractivity contribution in [2.75, 3.05) is 6.61 Å². The van der Waals surface area contributed by atoms with Crippen molar-refractivity contribution in [3.05, 3.63) is 111 Å². The van der Waals surface area contributed by atoms with E-state index in [9.17, 15) is 19.7 Å². The van der Waals surface area contributed by atoms with E-state index in [4.69, 9.17) is 4.74 Å². The predicted octanol–water partition coefficient (Wildman–Crippen LogP) is 4.16. The van der Waals surface area contributed by atoms with Gasteiger partial charge in [0.05, 0.1) is 11.0 Å². The Morgan fingerprint density at radius 2 is 1.61 bits per heavy atom. The summed E-state index contributed by atoms with van der Waals surface area (Å²) < 4.78 is 5.07. The van der Waals surface area contributed by atoms with Gasteiger partial charge >= 0.3 is 5.97 Å². The monoisotopic (exact) mass is 418 g/mol. The minimum atomic E-state index is -0.912. The highest BCUT2D eigenvalue weighted by molar-refractivity contribution is 5.95. The molecule has 3 aromatic rings. The third kappa shape index (κ3) is 5.76. The molecule has 0 bridgehead atoms. The van der Waals surface area contributed by atoms with Crippen molar-refractivity contribution in [2.45, 2.75) is 19.4 Å². The maximum Gasteiger partial charge on any atom is 0.345 e. The van der Waals surface area contributed by atoms with Crippen molar-refractivity contribution in [1.29, 1.82) is 0 Å². The van der Waals surface area contributed by atoms with E-state index in [2.05, 4.69) is 5.32 Å². The topological polar surface area (TPSA) is 98.5 Å². The van der Waals surface area contributed by atoms with Gasteiger partial charge in [0.25, 0.3) is 11.6 Å². The second-order valence-corrected chi connectivity index (χ2v) is 7.02. The van der Waals surface area contributed by atoms with Gasteiger partial charge in [-0.2, -0.15) is 0 Å². The molecule has 0 aliphatic rings. The van der Waals surface area contributed by atoms with Gasteiger partial charge in [-0.1, -0.05) is 72.8 Å². The second kappa shape index (κ2) is 10.2. The quantitative estimate of drug-likeness (QED) is 0.336. The summed E-state index contributed by atoms with van der Waals surface area (Å²) in [6, 6.07) is 23.3. The molecule has 1 amide bonds. The van der Waals surface area contributed by atoms with Gasteiger partial charge in [-0.05, 0) is 30.5 Å². The third-order valence-corrected chi connectivity index (χ3v) is 4.79. The highest BCUT2D eigenvalue weighted by Gasteiger charge is 2.24. The average molecular weight is 418 g/mol. The fourth-order valence-electron chi connectivity index (χ4n) is 3.30. The van der Waals surface area contributed by atoms with Crippen molar-refractivity contribution in [1.82, 2.24) is 5.32 Å². The molecule has 0 radical (unpaired) electrons. The molecule has 0 heterocycles. The number of esters is 1. The van der Waals surface area contributed by atoms with E-state index in [1.54, 1.807) is 0 Å². The van der Waals surface area contributed by atoms with Gasteiger partial charge in [-0.25, -0.2) is 4.79 Å². The van der Waals surface area contributed by atoms with Gasteiger partial charge in [0.1, 0.15) is 5.56 Å². The normalized spacial score (nSPS) is 11.4. The summed E-state index contributed by atoms with van der Waals surface area (Å²) in [5, 5.41) is 14.2. The zero-order chi connectivity index (χ0) is 22.2. The number of nitrogens with zero attached hydrogens (tertiary/aromatic N) is 1. The van der Waals surface area contributed by atoms with Crippen LogP contribution in [0.5, 0.6) is 0 Å². The van der Waals surface area contributed by atoms with Crippen molar-refractivity contribution in [3.63, 3.8) is 0 Å². The number of para-hydroxylation sites is 1. The van der Waals surface area contributed by atoms with E-state index in [1.165, 1.54) is 25.1 Å². The Morgan fingerprint density at radius 1 is 0.968 bits per heavy atom. The van der Waals surface area contributed by atoms with Crippen LogP contribution < -0.4 is 5.32 Å². The van der Waals surface area contributed by atoms with E-state index in [0.717, 1.165) is 11.1 Å². The smallest absolute Gasteiger partial charge is 0.345 e. The zero-order valence-corrected chi connectivity index (χ0v) is 17.0. The molecule has 1 N–H and O–H groups in total. The predicted molar refractivity (Wildman–Crippen MR) is 116 cm³/mol. The van der Waals surface area contributed by atoms with E-state index < -0.39 is 23.4 Å². The molecule has 31 heavy (non-hydrogen) atoms. The average Bonchev–Trinajstić information content (AvgIpc) is 2.78. The van der Waals surface area contributed by atoms with Gasteiger partial charge in [0, 0.05) is 5.56 Å². The first kappa shape index (κ1) is 21.7. The molecule has 0 saturated heterocycles. The van der Waals surface area contributed by atoms with Crippen LogP contribution in [0.15, 0.2) is 78.9 Å². The molecule has 7 heteroatoms. The van der Waals surface area contributed by atoms with Crippen LogP contribution in [0.3, 0.4) is 0 Å². The molecule has 3 aromatic carbocycles. The van der Waals surface area contributed by atoms with Crippen LogP contribution in [0.1, 0.15) is 33.1 Å². The Morgan fingerprint density at radius 3 is 2.26 bits per heavy atom. The zero-order valence-electron chi connectivity index (χ0n) is 17.0. The van der Waals surface area contributed by atoms with E-state index >= 15 is 0 Å². The molecule has 3 rings (SSSR count). The summed E-state index contributed by atoms with van der Waals surface area (Å²) in [7, 11) is 0. The minimum absolute atomic E-state index is 0.179. The summed E-state index contributed by atoms with van der Waals surface area (Å²) in [4.78, 5) is 35.5. The maximum absolute atomic E-state index is 12.5. The Kier molecular flexibility index (Phi) is 7.11. The molecule has 158 valence electrons. The Balaban J connectivity index is 1.68. The van der Waals surface area contributed by atoms with Gasteiger partial charge in [0.2, 0.25) is 0 Å². The lowest BCUT2D eigenvalue weighted by atomic mass is 9.99. The second-order valence-electron chi connectivity index (χ2n) is 7.02. The Hall–Kier alpha value is -4.00. The standard InChI is InChI=1S/C24H22N2O5/c1-17-9-8-14-20(23(17)26(29)30)24(28)31-16-22(27)25-21(19-12-6-3-7-13-19)15-18-10-4-2-5-11-18/h2-14,21H,15-16H2,1H3,(H,25,27)/t21-/m0/s1. The molecule has 0 aliphatic heterocycles. The largest absolute Gasteiger partial charge is 0.452 e. The summed E-state index contributed by atoms with van der Waals surface area (Å²) in [6.45, 7) is 0.998. The molecule has 7 nitrogen and oxygen atoms in total. The van der Waals surface area contributed by atoms with Gasteiger partial charge in [-0.3, -0.25) is 14.9 Å². The molecular formula is C24H22N2O5. The lowest BCUT2D eigenvalue weighted by Gasteiger charge is -2.19. The molecule has 0 saturated carbocycles. The first-order valence-electron chi connectivity index (χ1n) is 9.75. The number of rotatable bonds is 8. The summed E-state index contributed by atoms with van der Waals surface area (Å²) >= 11 is 0. The van der Waals surface area contributed by atoms with Crippen LogP contribution in [0.2, 0.25) is 0 Å². The first-order valence-corrected chi connectivity index (χ1v) is 9.75. The van der Waals surface area contributed by atoms with Crippen molar-refractivity contribution < 1.29 is 19.2 Å².